The molecule has 168 valence electrons. The molecular formula is C24H49NO3. The van der Waals surface area contributed by atoms with Gasteiger partial charge in [0.15, 0.2) is 0 Å². The first kappa shape index (κ1) is 27.4. The zero-order valence-corrected chi connectivity index (χ0v) is 19.0. The van der Waals surface area contributed by atoms with Gasteiger partial charge in [0.1, 0.15) is 0 Å². The van der Waals surface area contributed by atoms with E-state index in [-0.39, 0.29) is 19.1 Å². The Hall–Kier alpha value is -0.610. The molecule has 0 aliphatic carbocycles. The Morgan fingerprint density at radius 3 is 1.57 bits per heavy atom. The van der Waals surface area contributed by atoms with Crippen molar-refractivity contribution in [3.8, 4) is 0 Å². The lowest BCUT2D eigenvalue weighted by Crippen LogP contribution is -2.35. The minimum Gasteiger partial charge on any atom is -0.395 e. The fourth-order valence-electron chi connectivity index (χ4n) is 3.95. The predicted molar refractivity (Wildman–Crippen MR) is 119 cm³/mol. The molecule has 4 heteroatoms. The molecule has 0 aromatic rings. The summed E-state index contributed by atoms with van der Waals surface area (Å²) in [5.74, 6) is 1.03. The molecule has 0 radical (unpaired) electrons. The number of carbonyl (C=O) groups is 1. The van der Waals surface area contributed by atoms with Gasteiger partial charge in [0.05, 0.1) is 13.2 Å². The van der Waals surface area contributed by atoms with E-state index in [1.54, 1.807) is 4.90 Å². The Kier molecular flexibility index (Phi) is 20.6. The number of hydrogen-bond donors (Lipinski definition) is 2. The van der Waals surface area contributed by atoms with Crippen LogP contribution in [0.5, 0.6) is 0 Å². The number of unbranched alkanes of at least 4 members (excludes halogenated alkanes) is 9. The molecule has 1 amide bonds. The van der Waals surface area contributed by atoms with E-state index in [9.17, 15) is 4.79 Å². The molecule has 0 aromatic carbocycles. The molecule has 0 saturated carbocycles. The highest BCUT2D eigenvalue weighted by atomic mass is 16.3. The van der Waals surface area contributed by atoms with E-state index < -0.39 is 0 Å². The smallest absolute Gasteiger partial charge is 0.222 e. The van der Waals surface area contributed by atoms with E-state index in [1.165, 1.54) is 83.5 Å². The molecule has 2 N–H and O–H groups in total. The highest BCUT2D eigenvalue weighted by Gasteiger charge is 2.11. The van der Waals surface area contributed by atoms with Gasteiger partial charge in [-0.2, -0.15) is 0 Å². The number of rotatable bonds is 21. The van der Waals surface area contributed by atoms with Crippen LogP contribution in [0.15, 0.2) is 0 Å². The van der Waals surface area contributed by atoms with Crippen LogP contribution in [0, 0.1) is 5.92 Å². The van der Waals surface area contributed by atoms with E-state index in [0.29, 0.717) is 19.5 Å². The summed E-state index contributed by atoms with van der Waals surface area (Å²) in [6.07, 6.45) is 20.3. The second-order valence-corrected chi connectivity index (χ2v) is 8.35. The van der Waals surface area contributed by atoms with Gasteiger partial charge in [-0.15, -0.1) is 0 Å². The largest absolute Gasteiger partial charge is 0.395 e. The van der Waals surface area contributed by atoms with Gasteiger partial charge in [0.2, 0.25) is 5.91 Å². The van der Waals surface area contributed by atoms with Crippen LogP contribution in [0.1, 0.15) is 117 Å². The molecule has 0 saturated heterocycles. The van der Waals surface area contributed by atoms with Crippen molar-refractivity contribution >= 4 is 5.91 Å². The summed E-state index contributed by atoms with van der Waals surface area (Å²) in [6.45, 7) is 5.18. The lowest BCUT2D eigenvalue weighted by atomic mass is 9.90. The summed E-state index contributed by atoms with van der Waals surface area (Å²) in [7, 11) is 0. The molecule has 28 heavy (non-hydrogen) atoms. The lowest BCUT2D eigenvalue weighted by molar-refractivity contribution is -0.132. The van der Waals surface area contributed by atoms with Crippen LogP contribution >= 0.6 is 0 Å². The molecule has 0 atom stereocenters. The average Bonchev–Trinajstić information content (AvgIpc) is 2.70. The standard InChI is InChI=1S/C24H49NO3/c1-3-5-15-23(16-6-4-2)17-13-11-9-7-8-10-12-14-18-24(28)25(19-21-26)20-22-27/h23,26-27H,3-22H2,1-2H3. The maximum absolute atomic E-state index is 12.0. The Morgan fingerprint density at radius 2 is 1.11 bits per heavy atom. The maximum atomic E-state index is 12.0. The summed E-state index contributed by atoms with van der Waals surface area (Å²) in [5, 5.41) is 17.9. The second kappa shape index (κ2) is 21.1. The van der Waals surface area contributed by atoms with Crippen LogP contribution in [-0.4, -0.2) is 47.3 Å². The van der Waals surface area contributed by atoms with Crippen LogP contribution in [0.3, 0.4) is 0 Å². The topological polar surface area (TPSA) is 60.8 Å². The van der Waals surface area contributed by atoms with Gasteiger partial charge in [-0.3, -0.25) is 4.79 Å². The van der Waals surface area contributed by atoms with Crippen LogP contribution in [-0.2, 0) is 4.79 Å². The van der Waals surface area contributed by atoms with Crippen molar-refractivity contribution in [2.45, 2.75) is 117 Å². The Labute approximate surface area is 175 Å². The average molecular weight is 400 g/mol. The summed E-state index contributed by atoms with van der Waals surface area (Å²) >= 11 is 0. The van der Waals surface area contributed by atoms with Crippen molar-refractivity contribution in [3.05, 3.63) is 0 Å². The molecule has 0 aliphatic heterocycles. The molecular weight excluding hydrogens is 350 g/mol. The monoisotopic (exact) mass is 399 g/mol. The summed E-state index contributed by atoms with van der Waals surface area (Å²) in [6, 6.07) is 0. The number of hydrogen-bond acceptors (Lipinski definition) is 3. The quantitative estimate of drug-likeness (QED) is 0.243. The van der Waals surface area contributed by atoms with E-state index in [2.05, 4.69) is 13.8 Å². The Morgan fingerprint density at radius 1 is 0.679 bits per heavy atom. The predicted octanol–water partition coefficient (Wildman–Crippen LogP) is 5.70. The molecule has 0 rings (SSSR count). The van der Waals surface area contributed by atoms with Gasteiger partial charge in [0.25, 0.3) is 0 Å². The van der Waals surface area contributed by atoms with Gasteiger partial charge < -0.3 is 15.1 Å². The Balaban J connectivity index is 3.58. The zero-order valence-electron chi connectivity index (χ0n) is 19.0. The fourth-order valence-corrected chi connectivity index (χ4v) is 3.95. The fraction of sp³-hybridized carbons (Fsp3) is 0.958. The third-order valence-corrected chi connectivity index (χ3v) is 5.78. The molecule has 0 aliphatic rings. The molecule has 0 unspecified atom stereocenters. The van der Waals surface area contributed by atoms with E-state index in [4.69, 9.17) is 10.2 Å². The van der Waals surface area contributed by atoms with Crippen LogP contribution in [0.25, 0.3) is 0 Å². The summed E-state index contributed by atoms with van der Waals surface area (Å²) < 4.78 is 0. The zero-order chi connectivity index (χ0) is 20.9. The maximum Gasteiger partial charge on any atom is 0.222 e. The molecule has 0 spiro atoms. The molecule has 0 fully saturated rings. The second-order valence-electron chi connectivity index (χ2n) is 8.35. The van der Waals surface area contributed by atoms with E-state index in [1.807, 2.05) is 0 Å². The first-order valence-corrected chi connectivity index (χ1v) is 12.2. The molecule has 0 heterocycles. The van der Waals surface area contributed by atoms with Crippen LogP contribution in [0.4, 0.5) is 0 Å². The Bertz CT molecular complexity index is 322. The van der Waals surface area contributed by atoms with Gasteiger partial charge in [0, 0.05) is 19.5 Å². The first-order chi connectivity index (χ1) is 13.7. The minimum absolute atomic E-state index is 0.0380. The minimum atomic E-state index is -0.0380. The van der Waals surface area contributed by atoms with Crippen molar-refractivity contribution in [1.82, 2.24) is 4.90 Å². The summed E-state index contributed by atoms with van der Waals surface area (Å²) in [5.41, 5.74) is 0. The molecule has 4 nitrogen and oxygen atoms in total. The number of carbonyl (C=O) groups excluding carboxylic acids is 1. The van der Waals surface area contributed by atoms with E-state index >= 15 is 0 Å². The van der Waals surface area contributed by atoms with Gasteiger partial charge in [-0.05, 0) is 12.3 Å². The highest BCUT2D eigenvalue weighted by Crippen LogP contribution is 2.23. The molecule has 0 aromatic heterocycles. The lowest BCUT2D eigenvalue weighted by Gasteiger charge is -2.20. The molecule has 0 bridgehead atoms. The van der Waals surface area contributed by atoms with Gasteiger partial charge in [-0.25, -0.2) is 0 Å². The first-order valence-electron chi connectivity index (χ1n) is 12.2. The number of nitrogens with zero attached hydrogens (tertiary/aromatic N) is 1. The van der Waals surface area contributed by atoms with Crippen molar-refractivity contribution in [3.63, 3.8) is 0 Å². The highest BCUT2D eigenvalue weighted by molar-refractivity contribution is 5.76. The third kappa shape index (κ3) is 16.4. The van der Waals surface area contributed by atoms with Crippen molar-refractivity contribution < 1.29 is 15.0 Å². The van der Waals surface area contributed by atoms with E-state index in [0.717, 1.165) is 18.8 Å². The number of aliphatic hydroxyl groups is 2. The van der Waals surface area contributed by atoms with Crippen molar-refractivity contribution in [1.29, 1.82) is 0 Å². The van der Waals surface area contributed by atoms with Crippen LogP contribution < -0.4 is 0 Å². The SMILES string of the molecule is CCCCC(CCCC)CCCCCCCCCCC(=O)N(CCO)CCO. The summed E-state index contributed by atoms with van der Waals surface area (Å²) in [4.78, 5) is 13.6. The van der Waals surface area contributed by atoms with Crippen molar-refractivity contribution in [2.75, 3.05) is 26.3 Å². The van der Waals surface area contributed by atoms with Crippen LogP contribution in [0.2, 0.25) is 0 Å². The number of amides is 1. The normalized spacial score (nSPS) is 11.3. The third-order valence-electron chi connectivity index (χ3n) is 5.78. The van der Waals surface area contributed by atoms with Gasteiger partial charge >= 0.3 is 0 Å². The number of aliphatic hydroxyl groups excluding tert-OH is 2. The van der Waals surface area contributed by atoms with Gasteiger partial charge in [-0.1, -0.05) is 104 Å². The van der Waals surface area contributed by atoms with Crippen molar-refractivity contribution in [2.24, 2.45) is 5.92 Å².